The summed E-state index contributed by atoms with van der Waals surface area (Å²) in [6.45, 7) is 1.02. The maximum Gasteiger partial charge on any atom is 0.343 e. The van der Waals surface area contributed by atoms with Crippen LogP contribution in [0.3, 0.4) is 0 Å². The predicted molar refractivity (Wildman–Crippen MR) is 92.2 cm³/mol. The SMILES string of the molecule is CCC(CC(=O)O)(C(=O)OC(=O)CC(C(=O)O)C(CP(=O)(O)O)C(=O)O)P(=O)(O)O. The van der Waals surface area contributed by atoms with Gasteiger partial charge in [0.15, 0.2) is 5.16 Å². The molecule has 0 aliphatic rings. The number of hydrogen-bond donors (Lipinski definition) is 7. The first kappa shape index (κ1) is 27.8. The van der Waals surface area contributed by atoms with Gasteiger partial charge in [-0.1, -0.05) is 6.92 Å². The zero-order valence-electron chi connectivity index (χ0n) is 15.3. The van der Waals surface area contributed by atoms with Crippen LogP contribution in [0.2, 0.25) is 0 Å². The predicted octanol–water partition coefficient (Wildman–Crippen LogP) is -1.17. The number of carboxylic acid groups (broad SMARTS) is 3. The molecule has 0 aliphatic carbocycles. The van der Waals surface area contributed by atoms with E-state index in [2.05, 4.69) is 4.74 Å². The lowest BCUT2D eigenvalue weighted by Crippen LogP contribution is -2.43. The molecule has 0 aromatic heterocycles. The van der Waals surface area contributed by atoms with Crippen LogP contribution in [-0.4, -0.2) is 76.1 Å². The Hall–Kier alpha value is -2.15. The fourth-order valence-electron chi connectivity index (χ4n) is 2.47. The molecule has 0 rings (SSSR count). The second-order valence-electron chi connectivity index (χ2n) is 6.20. The summed E-state index contributed by atoms with van der Waals surface area (Å²) in [5.74, 6) is -14.1. The lowest BCUT2D eigenvalue weighted by atomic mass is 9.91. The minimum atomic E-state index is -5.51. The maximum atomic E-state index is 12.2. The van der Waals surface area contributed by atoms with E-state index >= 15 is 0 Å². The fourth-order valence-corrected chi connectivity index (χ4v) is 4.43. The smallest absolute Gasteiger partial charge is 0.343 e. The van der Waals surface area contributed by atoms with Crippen molar-refractivity contribution in [3.63, 3.8) is 0 Å². The van der Waals surface area contributed by atoms with Crippen molar-refractivity contribution in [3.05, 3.63) is 0 Å². The van der Waals surface area contributed by atoms with Gasteiger partial charge in [0.05, 0.1) is 30.8 Å². The summed E-state index contributed by atoms with van der Waals surface area (Å²) >= 11 is 0. The summed E-state index contributed by atoms with van der Waals surface area (Å²) in [6.07, 6.45) is -5.08. The van der Waals surface area contributed by atoms with Gasteiger partial charge in [-0.3, -0.25) is 33.1 Å². The molecule has 0 radical (unpaired) electrons. The van der Waals surface area contributed by atoms with Crippen molar-refractivity contribution in [3.8, 4) is 0 Å². The third kappa shape index (κ3) is 7.59. The zero-order chi connectivity index (χ0) is 24.1. The van der Waals surface area contributed by atoms with Crippen LogP contribution in [0.15, 0.2) is 0 Å². The maximum absolute atomic E-state index is 12.2. The Morgan fingerprint density at radius 3 is 1.67 bits per heavy atom. The summed E-state index contributed by atoms with van der Waals surface area (Å²) in [7, 11) is -10.6. The van der Waals surface area contributed by atoms with E-state index in [4.69, 9.17) is 25.1 Å². The molecule has 0 aromatic rings. The molecule has 3 atom stereocenters. The minimum Gasteiger partial charge on any atom is -0.481 e. The largest absolute Gasteiger partial charge is 0.481 e. The topological polar surface area (TPSA) is 270 Å². The Morgan fingerprint density at radius 1 is 0.900 bits per heavy atom. The summed E-state index contributed by atoms with van der Waals surface area (Å²) in [4.78, 5) is 94.1. The first-order valence-corrected chi connectivity index (χ1v) is 11.3. The molecule has 0 aromatic carbocycles. The third-order valence-electron chi connectivity index (χ3n) is 4.11. The minimum absolute atomic E-state index is 0.784. The molecule has 17 heteroatoms. The first-order chi connectivity index (χ1) is 13.4. The van der Waals surface area contributed by atoms with Crippen LogP contribution >= 0.6 is 15.2 Å². The molecule has 3 unspecified atom stereocenters. The Morgan fingerprint density at radius 2 is 1.37 bits per heavy atom. The van der Waals surface area contributed by atoms with Crippen LogP contribution in [0, 0.1) is 11.8 Å². The molecule has 7 N–H and O–H groups in total. The normalized spacial score (nSPS) is 16.0. The Labute approximate surface area is 168 Å². The molecule has 0 saturated carbocycles. The number of carbonyl (C=O) groups is 5. The Balaban J connectivity index is 5.78. The van der Waals surface area contributed by atoms with Gasteiger partial charge in [-0.05, 0) is 6.42 Å². The summed E-state index contributed by atoms with van der Waals surface area (Å²) in [6, 6.07) is 0. The molecule has 0 saturated heterocycles. The number of hydrogen-bond acceptors (Lipinski definition) is 8. The van der Waals surface area contributed by atoms with Crippen LogP contribution in [-0.2, 0) is 37.8 Å². The van der Waals surface area contributed by atoms with Crippen LogP contribution in [0.25, 0.3) is 0 Å². The summed E-state index contributed by atoms with van der Waals surface area (Å²) in [5.41, 5.74) is 0. The average Bonchev–Trinajstić information content (AvgIpc) is 2.52. The molecule has 0 aliphatic heterocycles. The number of ether oxygens (including phenoxy) is 1. The lowest BCUT2D eigenvalue weighted by molar-refractivity contribution is -0.167. The number of esters is 2. The van der Waals surface area contributed by atoms with Gasteiger partial charge >= 0.3 is 45.0 Å². The quantitative estimate of drug-likeness (QED) is 0.0988. The van der Waals surface area contributed by atoms with Crippen molar-refractivity contribution < 1.29 is 72.7 Å². The van der Waals surface area contributed by atoms with Gasteiger partial charge in [0.2, 0.25) is 0 Å². The van der Waals surface area contributed by atoms with Crippen molar-refractivity contribution in [1.29, 1.82) is 0 Å². The molecular formula is C13H20O15P2. The van der Waals surface area contributed by atoms with Gasteiger partial charge in [-0.15, -0.1) is 0 Å². The van der Waals surface area contributed by atoms with Crippen molar-refractivity contribution in [2.75, 3.05) is 6.16 Å². The highest BCUT2D eigenvalue weighted by Crippen LogP contribution is 2.55. The molecular weight excluding hydrogens is 458 g/mol. The van der Waals surface area contributed by atoms with E-state index in [0.29, 0.717) is 0 Å². The van der Waals surface area contributed by atoms with E-state index in [1.807, 2.05) is 0 Å². The van der Waals surface area contributed by atoms with E-state index in [1.165, 1.54) is 0 Å². The molecule has 30 heavy (non-hydrogen) atoms. The van der Waals surface area contributed by atoms with Crippen molar-refractivity contribution in [2.24, 2.45) is 11.8 Å². The lowest BCUT2D eigenvalue weighted by Gasteiger charge is -2.29. The van der Waals surface area contributed by atoms with Crippen LogP contribution in [0.5, 0.6) is 0 Å². The van der Waals surface area contributed by atoms with E-state index in [9.17, 15) is 42.9 Å². The van der Waals surface area contributed by atoms with Crippen molar-refractivity contribution in [1.82, 2.24) is 0 Å². The van der Waals surface area contributed by atoms with E-state index in [-0.39, 0.29) is 0 Å². The standard InChI is InChI=1S/C13H20O15P2/c1-2-13(4-8(14)15,30(25,26)27)12(21)28-9(16)3-6(10(17)18)7(11(19)20)5-29(22,23)24/h6-7H,2-5H2,1H3,(H,14,15)(H,17,18)(H,19,20)(H2,22,23,24)(H2,25,26,27). The van der Waals surface area contributed by atoms with E-state index < -0.39 is 87.5 Å². The highest BCUT2D eigenvalue weighted by molar-refractivity contribution is 7.54. The second kappa shape index (κ2) is 10.2. The van der Waals surface area contributed by atoms with Crippen LogP contribution < -0.4 is 0 Å². The molecule has 15 nitrogen and oxygen atoms in total. The molecule has 0 amide bonds. The molecule has 0 bridgehead atoms. The average molecular weight is 478 g/mol. The van der Waals surface area contributed by atoms with Crippen molar-refractivity contribution in [2.45, 2.75) is 31.3 Å². The number of aliphatic carboxylic acids is 3. The number of carbonyl (C=O) groups excluding carboxylic acids is 2. The summed E-state index contributed by atoms with van der Waals surface area (Å²) < 4.78 is 26.9. The van der Waals surface area contributed by atoms with E-state index in [1.54, 1.807) is 0 Å². The highest BCUT2D eigenvalue weighted by Gasteiger charge is 2.56. The molecule has 172 valence electrons. The first-order valence-electron chi connectivity index (χ1n) is 7.90. The number of carboxylic acids is 3. The molecule has 0 fully saturated rings. The van der Waals surface area contributed by atoms with Gasteiger partial charge < -0.3 is 39.6 Å². The van der Waals surface area contributed by atoms with Crippen molar-refractivity contribution >= 4 is 45.0 Å². The highest BCUT2D eigenvalue weighted by atomic mass is 31.2. The Kier molecular flexibility index (Phi) is 9.51. The summed E-state index contributed by atoms with van der Waals surface area (Å²) in [5, 5.41) is 24.0. The number of rotatable bonds is 12. The monoisotopic (exact) mass is 478 g/mol. The van der Waals surface area contributed by atoms with Gasteiger partial charge in [-0.25, -0.2) is 0 Å². The second-order valence-corrected chi connectivity index (χ2v) is 9.84. The van der Waals surface area contributed by atoms with E-state index in [0.717, 1.165) is 6.92 Å². The van der Waals surface area contributed by atoms with Crippen LogP contribution in [0.4, 0.5) is 0 Å². The molecule has 0 heterocycles. The van der Waals surface area contributed by atoms with Gasteiger partial charge in [-0.2, -0.15) is 0 Å². The van der Waals surface area contributed by atoms with Crippen LogP contribution in [0.1, 0.15) is 26.2 Å². The molecule has 0 spiro atoms. The van der Waals surface area contributed by atoms with Gasteiger partial charge in [0.25, 0.3) is 0 Å². The fraction of sp³-hybridized carbons (Fsp3) is 0.615. The van der Waals surface area contributed by atoms with Gasteiger partial charge in [0.1, 0.15) is 0 Å². The third-order valence-corrected chi connectivity index (χ3v) is 6.76. The Bertz CT molecular complexity index is 807. The zero-order valence-corrected chi connectivity index (χ0v) is 17.1. The van der Waals surface area contributed by atoms with Gasteiger partial charge in [0, 0.05) is 0 Å².